The van der Waals surface area contributed by atoms with Gasteiger partial charge in [0, 0.05) is 38.3 Å². The molecular weight excluding hydrogens is 320 g/mol. The van der Waals surface area contributed by atoms with Gasteiger partial charge < -0.3 is 10.0 Å². The van der Waals surface area contributed by atoms with E-state index in [2.05, 4.69) is 10.1 Å². The van der Waals surface area contributed by atoms with Crippen molar-refractivity contribution in [1.82, 2.24) is 19.7 Å². The van der Waals surface area contributed by atoms with Crippen LogP contribution in [0.15, 0.2) is 30.6 Å². The molecule has 1 amide bonds. The number of aliphatic carboxylic acids is 1. The van der Waals surface area contributed by atoms with Gasteiger partial charge in [0.2, 0.25) is 5.91 Å². The fourth-order valence-corrected chi connectivity index (χ4v) is 3.05. The molecule has 2 aromatic heterocycles. The lowest BCUT2D eigenvalue weighted by atomic mass is 10.1. The molecule has 0 atom stereocenters. The van der Waals surface area contributed by atoms with Crippen LogP contribution in [0.4, 0.5) is 0 Å². The highest BCUT2D eigenvalue weighted by Gasteiger charge is 2.20. The lowest BCUT2D eigenvalue weighted by Gasteiger charge is -2.20. The molecule has 1 aliphatic heterocycles. The highest BCUT2D eigenvalue weighted by molar-refractivity contribution is 5.76. The van der Waals surface area contributed by atoms with Crippen LogP contribution in [0.3, 0.4) is 0 Å². The Morgan fingerprint density at radius 2 is 2.08 bits per heavy atom. The van der Waals surface area contributed by atoms with Crippen LogP contribution < -0.4 is 0 Å². The minimum absolute atomic E-state index is 0.0736. The molecule has 25 heavy (non-hydrogen) atoms. The number of aryl methyl sites for hydroxylation is 3. The van der Waals surface area contributed by atoms with Crippen molar-refractivity contribution < 1.29 is 14.7 Å². The molecule has 132 valence electrons. The number of fused-ring (bicyclic) bond motifs is 1. The molecular formula is C18H22N4O3. The summed E-state index contributed by atoms with van der Waals surface area (Å²) in [7, 11) is 0. The van der Waals surface area contributed by atoms with E-state index in [1.807, 2.05) is 27.8 Å². The lowest BCUT2D eigenvalue weighted by molar-refractivity contribution is -0.137. The zero-order chi connectivity index (χ0) is 17.6. The average molecular weight is 342 g/mol. The maximum Gasteiger partial charge on any atom is 0.303 e. The Labute approximate surface area is 146 Å². The van der Waals surface area contributed by atoms with Gasteiger partial charge in [0.1, 0.15) is 0 Å². The van der Waals surface area contributed by atoms with Gasteiger partial charge in [0.25, 0.3) is 0 Å². The van der Waals surface area contributed by atoms with Crippen LogP contribution in [0.1, 0.15) is 36.2 Å². The van der Waals surface area contributed by atoms with Crippen molar-refractivity contribution >= 4 is 11.9 Å². The van der Waals surface area contributed by atoms with Crippen molar-refractivity contribution in [2.75, 3.05) is 6.54 Å². The smallest absolute Gasteiger partial charge is 0.303 e. The van der Waals surface area contributed by atoms with Gasteiger partial charge in [0.05, 0.1) is 24.4 Å². The predicted molar refractivity (Wildman–Crippen MR) is 90.8 cm³/mol. The van der Waals surface area contributed by atoms with Crippen molar-refractivity contribution in [3.05, 3.63) is 47.5 Å². The first-order valence-corrected chi connectivity index (χ1v) is 8.56. The predicted octanol–water partition coefficient (Wildman–Crippen LogP) is 1.66. The molecule has 0 radical (unpaired) electrons. The zero-order valence-electron chi connectivity index (χ0n) is 14.1. The van der Waals surface area contributed by atoms with E-state index in [1.54, 1.807) is 12.4 Å². The molecule has 0 bridgehead atoms. The largest absolute Gasteiger partial charge is 0.481 e. The molecule has 3 rings (SSSR count). The van der Waals surface area contributed by atoms with Crippen LogP contribution in [0.25, 0.3) is 0 Å². The van der Waals surface area contributed by atoms with E-state index in [0.717, 1.165) is 36.5 Å². The number of aromatic nitrogens is 3. The second-order valence-electron chi connectivity index (χ2n) is 6.27. The Balaban J connectivity index is 1.60. The maximum atomic E-state index is 12.6. The second-order valence-corrected chi connectivity index (χ2v) is 6.27. The van der Waals surface area contributed by atoms with E-state index in [0.29, 0.717) is 25.8 Å². The van der Waals surface area contributed by atoms with Crippen LogP contribution in [0.5, 0.6) is 0 Å². The van der Waals surface area contributed by atoms with E-state index in [9.17, 15) is 9.59 Å². The van der Waals surface area contributed by atoms with Gasteiger partial charge in [-0.25, -0.2) is 0 Å². The van der Waals surface area contributed by atoms with Crippen LogP contribution in [0, 0.1) is 0 Å². The van der Waals surface area contributed by atoms with E-state index in [1.165, 1.54) is 0 Å². The van der Waals surface area contributed by atoms with E-state index in [4.69, 9.17) is 5.11 Å². The molecule has 0 saturated heterocycles. The molecule has 1 N–H and O–H groups in total. The first kappa shape index (κ1) is 17.1. The van der Waals surface area contributed by atoms with Crippen molar-refractivity contribution in [3.8, 4) is 0 Å². The summed E-state index contributed by atoms with van der Waals surface area (Å²) in [4.78, 5) is 29.2. The molecule has 7 heteroatoms. The summed E-state index contributed by atoms with van der Waals surface area (Å²) in [5.74, 6) is -0.694. The van der Waals surface area contributed by atoms with Gasteiger partial charge in [0.15, 0.2) is 0 Å². The van der Waals surface area contributed by atoms with Gasteiger partial charge in [-0.05, 0) is 30.5 Å². The third kappa shape index (κ3) is 4.65. The number of carbonyl (C=O) groups excluding carboxylic acids is 1. The van der Waals surface area contributed by atoms with E-state index < -0.39 is 5.97 Å². The molecule has 2 aromatic rings. The Morgan fingerprint density at radius 3 is 2.84 bits per heavy atom. The first-order valence-electron chi connectivity index (χ1n) is 8.56. The molecule has 0 fully saturated rings. The number of amides is 1. The second kappa shape index (κ2) is 7.92. The van der Waals surface area contributed by atoms with Crippen LogP contribution in [-0.4, -0.2) is 43.2 Å². The summed E-state index contributed by atoms with van der Waals surface area (Å²) in [6, 6.07) is 5.78. The van der Waals surface area contributed by atoms with Crippen molar-refractivity contribution in [2.24, 2.45) is 0 Å². The van der Waals surface area contributed by atoms with Gasteiger partial charge in [-0.1, -0.05) is 6.07 Å². The monoisotopic (exact) mass is 342 g/mol. The molecule has 0 spiro atoms. The molecule has 0 aliphatic carbocycles. The number of hydrogen-bond donors (Lipinski definition) is 1. The quantitative estimate of drug-likeness (QED) is 0.862. The third-order valence-electron chi connectivity index (χ3n) is 4.36. The summed E-state index contributed by atoms with van der Waals surface area (Å²) in [5.41, 5.74) is 2.82. The fraction of sp³-hybridized carbons (Fsp3) is 0.444. The average Bonchev–Trinajstić information content (AvgIpc) is 2.89. The summed E-state index contributed by atoms with van der Waals surface area (Å²) >= 11 is 0. The van der Waals surface area contributed by atoms with Gasteiger partial charge in [-0.2, -0.15) is 5.10 Å². The molecule has 0 saturated carbocycles. The number of carbonyl (C=O) groups is 2. The Kier molecular flexibility index (Phi) is 5.42. The lowest BCUT2D eigenvalue weighted by Crippen LogP contribution is -2.30. The number of carboxylic acid groups (broad SMARTS) is 1. The molecule has 7 nitrogen and oxygen atoms in total. The Bertz CT molecular complexity index is 742. The summed E-state index contributed by atoms with van der Waals surface area (Å²) < 4.78 is 1.91. The number of nitrogens with zero attached hydrogens (tertiary/aromatic N) is 4. The fourth-order valence-electron chi connectivity index (χ4n) is 3.05. The molecule has 0 unspecified atom stereocenters. The summed E-state index contributed by atoms with van der Waals surface area (Å²) in [6.07, 6.45) is 6.01. The minimum Gasteiger partial charge on any atom is -0.481 e. The highest BCUT2D eigenvalue weighted by Crippen LogP contribution is 2.16. The summed E-state index contributed by atoms with van der Waals surface area (Å²) in [5, 5.41) is 13.3. The number of rotatable bonds is 6. The van der Waals surface area contributed by atoms with Gasteiger partial charge in [-0.3, -0.25) is 19.3 Å². The molecule has 3 heterocycles. The van der Waals surface area contributed by atoms with Crippen LogP contribution in [0.2, 0.25) is 0 Å². The van der Waals surface area contributed by atoms with Crippen molar-refractivity contribution in [1.29, 1.82) is 0 Å². The van der Waals surface area contributed by atoms with Crippen LogP contribution in [-0.2, 0) is 35.5 Å². The standard InChI is InChI=1S/C18H22N4O3/c23-17(6-4-14-3-1-8-19-12-14)21-9-2-10-22-16(13-21)11-15(20-22)5-7-18(24)25/h1,3,8,11-12H,2,4-7,9-10,13H2,(H,24,25). The Morgan fingerprint density at radius 1 is 1.20 bits per heavy atom. The number of carboxylic acids is 1. The number of pyridine rings is 1. The van der Waals surface area contributed by atoms with E-state index >= 15 is 0 Å². The first-order chi connectivity index (χ1) is 12.1. The van der Waals surface area contributed by atoms with E-state index in [-0.39, 0.29) is 12.3 Å². The molecule has 0 aromatic carbocycles. The zero-order valence-corrected chi connectivity index (χ0v) is 14.1. The normalized spacial score (nSPS) is 14.0. The third-order valence-corrected chi connectivity index (χ3v) is 4.36. The van der Waals surface area contributed by atoms with Gasteiger partial charge >= 0.3 is 5.97 Å². The SMILES string of the molecule is O=C(O)CCc1cc2n(n1)CCCN(C(=O)CCc1cccnc1)C2. The highest BCUT2D eigenvalue weighted by atomic mass is 16.4. The van der Waals surface area contributed by atoms with Gasteiger partial charge in [-0.15, -0.1) is 0 Å². The molecule has 1 aliphatic rings. The minimum atomic E-state index is -0.824. The maximum absolute atomic E-state index is 12.6. The Hall–Kier alpha value is -2.70. The topological polar surface area (TPSA) is 88.3 Å². The van der Waals surface area contributed by atoms with Crippen molar-refractivity contribution in [2.45, 2.75) is 45.2 Å². The van der Waals surface area contributed by atoms with Crippen molar-refractivity contribution in [3.63, 3.8) is 0 Å². The summed E-state index contributed by atoms with van der Waals surface area (Å²) in [6.45, 7) is 2.01. The van der Waals surface area contributed by atoms with Crippen LogP contribution >= 0.6 is 0 Å². The number of hydrogen-bond acceptors (Lipinski definition) is 4.